The molecule has 0 atom stereocenters. The van der Waals surface area contributed by atoms with Crippen molar-refractivity contribution in [3.05, 3.63) is 54.9 Å². The summed E-state index contributed by atoms with van der Waals surface area (Å²) in [5.41, 5.74) is 3.00. The second kappa shape index (κ2) is 4.70. The van der Waals surface area contributed by atoms with Gasteiger partial charge in [-0.1, -0.05) is 17.3 Å². The number of hydrogen-bond donors (Lipinski definition) is 2. The Morgan fingerprint density at radius 3 is 3.00 bits per heavy atom. The van der Waals surface area contributed by atoms with Crippen molar-refractivity contribution in [2.45, 2.75) is 6.54 Å². The molecule has 0 aliphatic carbocycles. The molecule has 3 rings (SSSR count). The van der Waals surface area contributed by atoms with Crippen LogP contribution in [-0.4, -0.2) is 25.0 Å². The molecule has 18 heavy (non-hydrogen) atoms. The summed E-state index contributed by atoms with van der Waals surface area (Å²) in [5.74, 6) is 0. The molecule has 2 heterocycles. The van der Waals surface area contributed by atoms with Crippen LogP contribution in [0.25, 0.3) is 5.69 Å². The Labute approximate surface area is 104 Å². The van der Waals surface area contributed by atoms with Crippen LogP contribution < -0.4 is 5.32 Å². The standard InChI is InChI=1S/C12H12N6/c1-2-4-12(18-6-5-16-17-18)11(3-1)14-8-10-7-13-9-15-10/h1-7,9,14H,8H2,(H,13,15). The Kier molecular flexibility index (Phi) is 2.75. The fraction of sp³-hybridized carbons (Fsp3) is 0.0833. The first-order chi connectivity index (χ1) is 8.93. The molecule has 0 radical (unpaired) electrons. The summed E-state index contributed by atoms with van der Waals surface area (Å²) in [6.45, 7) is 0.686. The van der Waals surface area contributed by atoms with Crippen LogP contribution in [0.15, 0.2) is 49.2 Å². The highest BCUT2D eigenvalue weighted by Gasteiger charge is 2.04. The molecule has 1 aromatic carbocycles. The van der Waals surface area contributed by atoms with Gasteiger partial charge in [0, 0.05) is 6.20 Å². The average molecular weight is 240 g/mol. The number of rotatable bonds is 4. The fourth-order valence-corrected chi connectivity index (χ4v) is 1.73. The third-order valence-electron chi connectivity index (χ3n) is 2.60. The third kappa shape index (κ3) is 2.08. The lowest BCUT2D eigenvalue weighted by atomic mass is 10.2. The van der Waals surface area contributed by atoms with Crippen LogP contribution in [0.1, 0.15) is 5.69 Å². The maximum atomic E-state index is 4.00. The molecule has 90 valence electrons. The van der Waals surface area contributed by atoms with Gasteiger partial charge < -0.3 is 10.3 Å². The Morgan fingerprint density at radius 1 is 1.28 bits per heavy atom. The minimum atomic E-state index is 0.686. The molecule has 0 aliphatic rings. The Hall–Kier alpha value is -2.63. The number of aromatic nitrogens is 5. The second-order valence-electron chi connectivity index (χ2n) is 3.80. The number of anilines is 1. The molecular weight excluding hydrogens is 228 g/mol. The molecular formula is C12H12N6. The molecule has 3 aromatic rings. The molecule has 6 heteroatoms. The molecule has 0 amide bonds. The van der Waals surface area contributed by atoms with E-state index in [1.54, 1.807) is 23.4 Å². The molecule has 2 aromatic heterocycles. The van der Waals surface area contributed by atoms with E-state index in [4.69, 9.17) is 0 Å². The van der Waals surface area contributed by atoms with E-state index >= 15 is 0 Å². The summed E-state index contributed by atoms with van der Waals surface area (Å²) in [4.78, 5) is 7.04. The summed E-state index contributed by atoms with van der Waals surface area (Å²) in [5, 5.41) is 11.2. The van der Waals surface area contributed by atoms with E-state index < -0.39 is 0 Å². The van der Waals surface area contributed by atoms with E-state index in [0.717, 1.165) is 17.1 Å². The molecule has 0 bridgehead atoms. The number of benzene rings is 1. The number of H-pyrrole nitrogens is 1. The lowest BCUT2D eigenvalue weighted by Gasteiger charge is -2.10. The fourth-order valence-electron chi connectivity index (χ4n) is 1.73. The summed E-state index contributed by atoms with van der Waals surface area (Å²) in [6.07, 6.45) is 6.94. The third-order valence-corrected chi connectivity index (χ3v) is 2.60. The number of nitrogens with zero attached hydrogens (tertiary/aromatic N) is 4. The lowest BCUT2D eigenvalue weighted by Crippen LogP contribution is -2.05. The zero-order valence-corrected chi connectivity index (χ0v) is 9.61. The largest absolute Gasteiger partial charge is 0.378 e. The number of aromatic amines is 1. The molecule has 0 saturated carbocycles. The highest BCUT2D eigenvalue weighted by atomic mass is 15.4. The van der Waals surface area contributed by atoms with Gasteiger partial charge in [0.1, 0.15) is 0 Å². The van der Waals surface area contributed by atoms with Crippen molar-refractivity contribution in [1.29, 1.82) is 0 Å². The zero-order valence-electron chi connectivity index (χ0n) is 9.61. The molecule has 0 fully saturated rings. The predicted octanol–water partition coefficient (Wildman–Crippen LogP) is 1.60. The Morgan fingerprint density at radius 2 is 2.22 bits per heavy atom. The van der Waals surface area contributed by atoms with E-state index in [-0.39, 0.29) is 0 Å². The Balaban J connectivity index is 1.84. The van der Waals surface area contributed by atoms with Crippen molar-refractivity contribution < 1.29 is 0 Å². The van der Waals surface area contributed by atoms with Gasteiger partial charge in [-0.3, -0.25) is 0 Å². The van der Waals surface area contributed by atoms with Gasteiger partial charge in [0.15, 0.2) is 0 Å². The number of imidazole rings is 1. The van der Waals surface area contributed by atoms with E-state index in [1.807, 2.05) is 30.5 Å². The normalized spacial score (nSPS) is 10.4. The number of hydrogen-bond acceptors (Lipinski definition) is 4. The lowest BCUT2D eigenvalue weighted by molar-refractivity contribution is 0.803. The minimum absolute atomic E-state index is 0.686. The number of nitrogens with one attached hydrogen (secondary N) is 2. The maximum Gasteiger partial charge on any atom is 0.0922 e. The first-order valence-electron chi connectivity index (χ1n) is 5.60. The maximum absolute atomic E-state index is 4.00. The van der Waals surface area contributed by atoms with Gasteiger partial charge in [-0.15, -0.1) is 5.10 Å². The van der Waals surface area contributed by atoms with Crippen molar-refractivity contribution >= 4 is 5.69 Å². The first-order valence-corrected chi connectivity index (χ1v) is 5.60. The van der Waals surface area contributed by atoms with Crippen molar-refractivity contribution in [3.8, 4) is 5.69 Å². The molecule has 0 spiro atoms. The van der Waals surface area contributed by atoms with Crippen molar-refractivity contribution in [3.63, 3.8) is 0 Å². The van der Waals surface area contributed by atoms with Crippen molar-refractivity contribution in [2.24, 2.45) is 0 Å². The number of para-hydroxylation sites is 2. The monoisotopic (exact) mass is 240 g/mol. The van der Waals surface area contributed by atoms with Crippen LogP contribution in [0.4, 0.5) is 5.69 Å². The summed E-state index contributed by atoms with van der Waals surface area (Å²) in [6, 6.07) is 7.95. The summed E-state index contributed by atoms with van der Waals surface area (Å²) in [7, 11) is 0. The van der Waals surface area contributed by atoms with Gasteiger partial charge in [0.2, 0.25) is 0 Å². The van der Waals surface area contributed by atoms with Crippen LogP contribution in [0.3, 0.4) is 0 Å². The quantitative estimate of drug-likeness (QED) is 0.726. The van der Waals surface area contributed by atoms with Gasteiger partial charge in [0.05, 0.1) is 42.3 Å². The van der Waals surface area contributed by atoms with Crippen LogP contribution in [-0.2, 0) is 6.54 Å². The van der Waals surface area contributed by atoms with Gasteiger partial charge in [-0.2, -0.15) is 0 Å². The zero-order chi connectivity index (χ0) is 12.2. The summed E-state index contributed by atoms with van der Waals surface area (Å²) < 4.78 is 1.73. The average Bonchev–Trinajstić information content (AvgIpc) is 3.10. The van der Waals surface area contributed by atoms with E-state index in [1.165, 1.54) is 0 Å². The minimum Gasteiger partial charge on any atom is -0.378 e. The first kappa shape index (κ1) is 10.5. The van der Waals surface area contributed by atoms with Gasteiger partial charge in [-0.25, -0.2) is 9.67 Å². The van der Waals surface area contributed by atoms with E-state index in [0.29, 0.717) is 6.54 Å². The van der Waals surface area contributed by atoms with Crippen LogP contribution >= 0.6 is 0 Å². The van der Waals surface area contributed by atoms with Gasteiger partial charge in [-0.05, 0) is 12.1 Å². The van der Waals surface area contributed by atoms with Crippen molar-refractivity contribution in [2.75, 3.05) is 5.32 Å². The molecule has 0 unspecified atom stereocenters. The predicted molar refractivity (Wildman–Crippen MR) is 67.3 cm³/mol. The highest BCUT2D eigenvalue weighted by molar-refractivity contribution is 5.60. The van der Waals surface area contributed by atoms with E-state index in [2.05, 4.69) is 25.6 Å². The molecule has 6 nitrogen and oxygen atoms in total. The van der Waals surface area contributed by atoms with Gasteiger partial charge in [0.25, 0.3) is 0 Å². The Bertz CT molecular complexity index is 599. The second-order valence-corrected chi connectivity index (χ2v) is 3.80. The smallest absolute Gasteiger partial charge is 0.0922 e. The van der Waals surface area contributed by atoms with Crippen LogP contribution in [0.2, 0.25) is 0 Å². The van der Waals surface area contributed by atoms with Crippen LogP contribution in [0, 0.1) is 0 Å². The van der Waals surface area contributed by atoms with Gasteiger partial charge >= 0.3 is 0 Å². The SMILES string of the molecule is c1ccc(-n2ccnn2)c(NCc2cnc[nH]2)c1. The molecule has 0 saturated heterocycles. The molecule has 0 aliphatic heterocycles. The van der Waals surface area contributed by atoms with Crippen LogP contribution in [0.5, 0.6) is 0 Å². The molecule has 2 N–H and O–H groups in total. The van der Waals surface area contributed by atoms with E-state index in [9.17, 15) is 0 Å². The highest BCUT2D eigenvalue weighted by Crippen LogP contribution is 2.19. The summed E-state index contributed by atoms with van der Waals surface area (Å²) >= 11 is 0. The van der Waals surface area contributed by atoms with Crippen molar-refractivity contribution in [1.82, 2.24) is 25.0 Å². The topological polar surface area (TPSA) is 71.4 Å².